The average Bonchev–Trinajstić information content (AvgIpc) is 0.776. The Morgan fingerprint density at radius 1 is 0.536 bits per heavy atom. The maximum absolute atomic E-state index is 13.3. The molecule has 0 atom stereocenters. The predicted octanol–water partition coefficient (Wildman–Crippen LogP) is 19.2. The Hall–Kier alpha value is -12.2. The van der Waals surface area contributed by atoms with Gasteiger partial charge in [-0.3, -0.25) is 28.3 Å². The number of carbonyl (C=O) groups is 5. The zero-order chi connectivity index (χ0) is 81.1. The fraction of sp³-hybridized carbons (Fsp3) is 0.116. The Kier molecular flexibility index (Phi) is 27.7. The van der Waals surface area contributed by atoms with E-state index in [0.717, 1.165) is 44.2 Å². The fourth-order valence-corrected chi connectivity index (χ4v) is 23.7. The summed E-state index contributed by atoms with van der Waals surface area (Å²) in [5.74, 6) is -2.13. The molecule has 566 valence electrons. The first-order chi connectivity index (χ1) is 53.5. The summed E-state index contributed by atoms with van der Waals surface area (Å²) in [4.78, 5) is 77.4. The first-order valence-corrected chi connectivity index (χ1v) is 42.1. The zero-order valence-electron chi connectivity index (χ0n) is 60.8. The molecule has 0 saturated carbocycles. The number of aldehydes is 1. The molecule has 0 bridgehead atoms. The molecule has 0 aliphatic carbocycles. The molecule has 11 aromatic rings. The number of methoxy groups -OCH3 is 2. The van der Waals surface area contributed by atoms with Crippen molar-refractivity contribution in [2.24, 2.45) is 0 Å². The van der Waals surface area contributed by atoms with E-state index in [-0.39, 0.29) is 26.8 Å². The van der Waals surface area contributed by atoms with Gasteiger partial charge in [0.05, 0.1) is 57.5 Å². The molecule has 0 unspecified atom stereocenters. The van der Waals surface area contributed by atoms with Crippen LogP contribution in [0.1, 0.15) is 97.7 Å². The fourth-order valence-electron chi connectivity index (χ4n) is 12.5. The average molecular weight is 1660 g/mol. The minimum atomic E-state index is -3.73. The Labute approximate surface area is 667 Å². The number of carboxylic acids is 1. The van der Waals surface area contributed by atoms with Crippen molar-refractivity contribution in [1.29, 1.82) is 0 Å². The number of fused-ring (bicyclic) bond motifs is 2. The molecule has 2 aliphatic rings. The predicted molar refractivity (Wildman–Crippen MR) is 445 cm³/mol. The number of rotatable bonds is 17. The van der Waals surface area contributed by atoms with Gasteiger partial charge in [-0.1, -0.05) is 90.0 Å². The maximum atomic E-state index is 13.3. The van der Waals surface area contributed by atoms with Crippen LogP contribution in [0.5, 0.6) is 0 Å². The number of aromatic carboxylic acids is 1. The van der Waals surface area contributed by atoms with Crippen molar-refractivity contribution in [1.82, 2.24) is 0 Å². The molecule has 0 saturated heterocycles. The van der Waals surface area contributed by atoms with E-state index in [1.54, 1.807) is 141 Å². The van der Waals surface area contributed by atoms with Gasteiger partial charge < -0.3 is 9.84 Å². The van der Waals surface area contributed by atoms with Gasteiger partial charge in [0, 0.05) is 46.4 Å². The first-order valence-electron chi connectivity index (χ1n) is 34.0. The first kappa shape index (κ1) is 83.8. The van der Waals surface area contributed by atoms with Crippen LogP contribution in [0.4, 0.5) is 34.1 Å². The molecule has 26 heteroatoms. The van der Waals surface area contributed by atoms with E-state index < -0.39 is 48.2 Å². The van der Waals surface area contributed by atoms with E-state index in [1.807, 2.05) is 60.7 Å². The van der Waals surface area contributed by atoms with Gasteiger partial charge in [0.1, 0.15) is 6.29 Å². The molecule has 0 amide bonds. The second-order valence-corrected chi connectivity index (χ2v) is 38.7. The number of aryl methyl sites for hydroxylation is 2. The Morgan fingerprint density at radius 3 is 1.42 bits per heavy atom. The summed E-state index contributed by atoms with van der Waals surface area (Å²) in [6.07, 6.45) is 5.94. The van der Waals surface area contributed by atoms with Crippen LogP contribution in [-0.2, 0) is 48.5 Å². The number of halogens is 3. The normalized spacial score (nSPS) is 12.2. The van der Waals surface area contributed by atoms with Crippen molar-refractivity contribution in [2.75, 3.05) is 35.9 Å². The topological polar surface area (TPSA) is 255 Å². The van der Waals surface area contributed by atoms with Gasteiger partial charge in [-0.05, 0) is 140 Å². The van der Waals surface area contributed by atoms with Crippen LogP contribution in [0.2, 0.25) is 10.0 Å². The summed E-state index contributed by atoms with van der Waals surface area (Å²) in [5.41, 5.74) is 9.33. The van der Waals surface area contributed by atoms with Gasteiger partial charge in [0.2, 0.25) is 0 Å². The quantitative estimate of drug-likeness (QED) is 0.0130. The van der Waals surface area contributed by atoms with Crippen LogP contribution in [0.15, 0.2) is 259 Å². The number of nitro benzene ring substituents is 1. The Bertz CT molecular complexity index is 5760. The van der Waals surface area contributed by atoms with Gasteiger partial charge in [-0.2, -0.15) is 0 Å². The van der Waals surface area contributed by atoms with Crippen LogP contribution in [0, 0.1) is 43.7 Å². The van der Waals surface area contributed by atoms with Gasteiger partial charge >= 0.3 is 215 Å². The molecule has 112 heavy (non-hydrogen) atoms. The van der Waals surface area contributed by atoms with Crippen molar-refractivity contribution in [2.45, 2.75) is 49.6 Å². The van der Waals surface area contributed by atoms with Crippen LogP contribution in [-0.4, -0.2) is 84.2 Å². The number of hydrogen-bond acceptors (Lipinski definition) is 13. The zero-order valence-corrected chi connectivity index (χ0v) is 66.4. The summed E-state index contributed by atoms with van der Waals surface area (Å²) >= 11 is 16.4. The van der Waals surface area contributed by atoms with Crippen LogP contribution in [0.3, 0.4) is 0 Å². The number of carbonyl (C=O) groups excluding carboxylic acids is 4. The van der Waals surface area contributed by atoms with E-state index in [9.17, 15) is 50.9 Å². The van der Waals surface area contributed by atoms with E-state index >= 15 is 0 Å². The molecule has 20 nitrogen and oxygen atoms in total. The third kappa shape index (κ3) is 19.1. The number of hydrogen-bond donors (Lipinski definition) is 1. The molecular weight excluding hydrogens is 1590 g/mol. The number of ketones is 1. The summed E-state index contributed by atoms with van der Waals surface area (Å²) in [6.45, 7) is 26.9. The van der Waals surface area contributed by atoms with Crippen molar-refractivity contribution in [3.8, 4) is 0 Å². The summed E-state index contributed by atoms with van der Waals surface area (Å²) in [5, 5.41) is 20.3. The Balaban J connectivity index is 0.000000169. The SMILES string of the molecule is Cc1ccc([N+](=O)[O-])cc1C(=O)O.O=Cc1cccc(S(=O)(=O)N2CCc3cc(Cl)ccc32)c1.[C-]#[N+]c1ccc(C)c(C(=O)OC)c1.[C-]#[N+]c1ccc(C=Cc2cccc(S(=O)(=O)N3CCc4cc(Cl)ccc43)c2)c(C(C)=O)c1.[C-]#[N+]c1ccc(CP(Br)(c2ccccc2)(c2ccccc2)c2ccccc2)c(C(=O)OC)c1. The monoisotopic (exact) mass is 1650 g/mol. The number of benzene rings is 11. The number of ether oxygens (including phenoxy) is 2. The van der Waals surface area contributed by atoms with Crippen molar-refractivity contribution in [3.05, 3.63) is 370 Å². The number of non-ortho nitro benzene ring substituents is 1. The summed E-state index contributed by atoms with van der Waals surface area (Å²) < 4.78 is 64.5. The van der Waals surface area contributed by atoms with Gasteiger partial charge in [-0.25, -0.2) is 36.1 Å². The summed E-state index contributed by atoms with van der Waals surface area (Å²) in [6, 6.07) is 73.3. The van der Waals surface area contributed by atoms with E-state index in [2.05, 4.69) is 71.2 Å². The molecule has 2 heterocycles. The van der Waals surface area contributed by atoms with Crippen molar-refractivity contribution >= 4 is 156 Å². The molecule has 13 rings (SSSR count). The standard InChI is InChI=1S/C28H23BrNO2P.C25H19ClN2O3S.C15H12ClNO3S.C10H9NO2.C8H7NO4/c1-30-23-19-18-22(27(20-23)28(31)32-2)21-33(29,24-12-6-3-7-13-24,25-14-8-4-9-15-25)26-16-10-5-11-17-26;1-17(29)24-16-22(27-2)10-8-19(24)7-6-18-4-3-5-23(14-18)32(30,31)28-13-12-20-15-21(26)9-11-25(20)28;16-13-4-5-15-12(9-13)6-7-17(15)21(19,20)14-3-1-2-11(8-14)10-18;1-7-4-5-8(11-2)6-9(7)10(12)13-3;1-5-2-3-6(9(12)13)4-7(5)8(10)11/h3-20H,21H2,2H3;3-11,14-16H,12-13H2,1H3;1-5,8-10H,6-7H2;4-6H,1,3H3;2-4H,1H3,(H,10,11). The number of anilines is 2. The van der Waals surface area contributed by atoms with E-state index in [0.29, 0.717) is 116 Å². The molecule has 2 aliphatic heterocycles. The number of Topliss-reactive ketones (excluding diaryl/α,β-unsaturated/α-hetero) is 1. The number of esters is 2. The third-order valence-electron chi connectivity index (χ3n) is 18.2. The van der Waals surface area contributed by atoms with Gasteiger partial charge in [0.15, 0.2) is 17.2 Å². The number of nitrogens with zero attached hydrogens (tertiary/aromatic N) is 6. The molecule has 0 spiro atoms. The minimum absolute atomic E-state index is 0.0331. The molecule has 11 aromatic carbocycles. The molecule has 0 radical (unpaired) electrons. The van der Waals surface area contributed by atoms with E-state index in [4.69, 9.17) is 52.8 Å². The molecule has 0 fully saturated rings. The van der Waals surface area contributed by atoms with Crippen LogP contribution >= 0.6 is 44.0 Å². The summed E-state index contributed by atoms with van der Waals surface area (Å²) in [7, 11) is -4.70. The van der Waals surface area contributed by atoms with Crippen LogP contribution in [0.25, 0.3) is 26.7 Å². The van der Waals surface area contributed by atoms with Gasteiger partial charge in [0.25, 0.3) is 25.7 Å². The van der Waals surface area contributed by atoms with Crippen LogP contribution < -0.4 is 24.5 Å². The van der Waals surface area contributed by atoms with E-state index in [1.165, 1.54) is 60.1 Å². The number of sulfonamides is 2. The molecule has 1 N–H and O–H groups in total. The van der Waals surface area contributed by atoms with Gasteiger partial charge in [-0.15, -0.1) is 0 Å². The van der Waals surface area contributed by atoms with Crippen molar-refractivity contribution < 1.29 is 60.3 Å². The second-order valence-electron chi connectivity index (χ2n) is 25.2. The number of nitro groups is 1. The van der Waals surface area contributed by atoms with Crippen molar-refractivity contribution in [3.63, 3.8) is 0 Å². The number of carboxylic acid groups (broad SMARTS) is 1. The molecular formula is C86H70BrCl2N6O14PS2. The molecule has 0 aromatic heterocycles. The second kappa shape index (κ2) is 37.0. The third-order valence-corrected chi connectivity index (χ3v) is 31.8. The Morgan fingerprint density at radius 2 is 0.964 bits per heavy atom.